The first-order chi connectivity index (χ1) is 9.47. The lowest BCUT2D eigenvalue weighted by atomic mass is 10.2. The van der Waals surface area contributed by atoms with E-state index in [2.05, 4.69) is 15.2 Å². The monoisotopic (exact) mass is 278 g/mol. The van der Waals surface area contributed by atoms with Crippen molar-refractivity contribution in [3.8, 4) is 11.4 Å². The highest BCUT2D eigenvalue weighted by atomic mass is 19.4. The van der Waals surface area contributed by atoms with Crippen LogP contribution >= 0.6 is 0 Å². The first-order valence-corrected chi connectivity index (χ1v) is 5.82. The van der Waals surface area contributed by atoms with E-state index in [1.54, 1.807) is 0 Å². The minimum atomic E-state index is -4.50. The van der Waals surface area contributed by atoms with Gasteiger partial charge in [-0.05, 0) is 12.5 Å². The molecule has 3 rings (SSSR count). The molecule has 20 heavy (non-hydrogen) atoms. The molecule has 2 aromatic heterocycles. The van der Waals surface area contributed by atoms with Crippen molar-refractivity contribution in [2.45, 2.75) is 13.1 Å². The van der Waals surface area contributed by atoms with Crippen LogP contribution in [0.15, 0.2) is 36.5 Å². The molecule has 0 atom stereocenters. The van der Waals surface area contributed by atoms with Crippen molar-refractivity contribution in [1.29, 1.82) is 0 Å². The summed E-state index contributed by atoms with van der Waals surface area (Å²) in [5.41, 5.74) is -0.139. The van der Waals surface area contributed by atoms with Gasteiger partial charge in [-0.2, -0.15) is 13.2 Å². The molecular formula is C13H9F3N4. The first-order valence-electron chi connectivity index (χ1n) is 5.82. The van der Waals surface area contributed by atoms with E-state index in [0.29, 0.717) is 5.82 Å². The summed E-state index contributed by atoms with van der Waals surface area (Å²) in [5, 5.41) is 7.63. The fourth-order valence-electron chi connectivity index (χ4n) is 1.99. The van der Waals surface area contributed by atoms with Gasteiger partial charge in [0.05, 0.1) is 0 Å². The Kier molecular flexibility index (Phi) is 2.70. The van der Waals surface area contributed by atoms with Crippen molar-refractivity contribution in [3.05, 3.63) is 47.8 Å². The summed E-state index contributed by atoms with van der Waals surface area (Å²) in [4.78, 5) is 3.56. The topological polar surface area (TPSA) is 43.1 Å². The molecule has 0 fully saturated rings. The number of alkyl halides is 3. The molecule has 0 spiro atoms. The summed E-state index contributed by atoms with van der Waals surface area (Å²) in [6.45, 7) is 1.37. The van der Waals surface area contributed by atoms with Gasteiger partial charge >= 0.3 is 6.18 Å². The van der Waals surface area contributed by atoms with Gasteiger partial charge in [-0.15, -0.1) is 10.2 Å². The molecule has 0 aliphatic heterocycles. The fraction of sp³-hybridized carbons (Fsp3) is 0.154. The lowest BCUT2D eigenvalue weighted by molar-refractivity contribution is -0.141. The maximum absolute atomic E-state index is 12.8. The van der Waals surface area contributed by atoms with Crippen LogP contribution in [0.4, 0.5) is 13.2 Å². The van der Waals surface area contributed by atoms with Crippen molar-refractivity contribution >= 4 is 5.78 Å². The summed E-state index contributed by atoms with van der Waals surface area (Å²) >= 11 is 0. The van der Waals surface area contributed by atoms with Gasteiger partial charge in [0.2, 0.25) is 0 Å². The molecule has 0 saturated heterocycles. The first kappa shape index (κ1) is 12.6. The SMILES string of the molecule is Cc1cn2c(-c3ccccc3)nnc2nc1C(F)(F)F. The normalized spacial score (nSPS) is 12.0. The second kappa shape index (κ2) is 4.29. The molecule has 0 unspecified atom stereocenters. The quantitative estimate of drug-likeness (QED) is 0.687. The Hall–Kier alpha value is -2.44. The molecule has 0 bridgehead atoms. The summed E-state index contributed by atoms with van der Waals surface area (Å²) in [7, 11) is 0. The molecule has 4 nitrogen and oxygen atoms in total. The summed E-state index contributed by atoms with van der Waals surface area (Å²) in [5.74, 6) is 0.395. The van der Waals surface area contributed by atoms with E-state index in [0.717, 1.165) is 5.56 Å². The summed E-state index contributed by atoms with van der Waals surface area (Å²) < 4.78 is 39.8. The number of rotatable bonds is 1. The van der Waals surface area contributed by atoms with Crippen molar-refractivity contribution in [2.24, 2.45) is 0 Å². The van der Waals surface area contributed by atoms with Gasteiger partial charge in [-0.1, -0.05) is 30.3 Å². The number of aromatic nitrogens is 4. The Balaban J connectivity index is 2.23. The average Bonchev–Trinajstić information content (AvgIpc) is 2.80. The van der Waals surface area contributed by atoms with Gasteiger partial charge in [-0.25, -0.2) is 4.98 Å². The zero-order chi connectivity index (χ0) is 14.3. The molecule has 0 radical (unpaired) electrons. The lowest BCUT2D eigenvalue weighted by Gasteiger charge is -2.09. The van der Waals surface area contributed by atoms with Gasteiger partial charge in [0.25, 0.3) is 5.78 Å². The number of nitrogens with zero attached hydrogens (tertiary/aromatic N) is 4. The zero-order valence-electron chi connectivity index (χ0n) is 10.4. The van der Waals surface area contributed by atoms with Crippen LogP contribution in [0.2, 0.25) is 0 Å². The second-order valence-corrected chi connectivity index (χ2v) is 4.33. The summed E-state index contributed by atoms with van der Waals surface area (Å²) in [6, 6.07) is 9.10. The van der Waals surface area contributed by atoms with Crippen LogP contribution in [-0.4, -0.2) is 19.6 Å². The van der Waals surface area contributed by atoms with Crippen molar-refractivity contribution in [3.63, 3.8) is 0 Å². The highest BCUT2D eigenvalue weighted by Crippen LogP contribution is 2.30. The van der Waals surface area contributed by atoms with E-state index in [-0.39, 0.29) is 11.3 Å². The molecule has 7 heteroatoms. The number of aryl methyl sites for hydroxylation is 1. The standard InChI is InChI=1S/C13H9F3N4/c1-8-7-20-11(9-5-3-2-4-6-9)18-19-12(20)17-10(8)13(14,15)16/h2-7H,1H3. The van der Waals surface area contributed by atoms with E-state index < -0.39 is 11.9 Å². The van der Waals surface area contributed by atoms with E-state index in [4.69, 9.17) is 0 Å². The van der Waals surface area contributed by atoms with Crippen molar-refractivity contribution in [2.75, 3.05) is 0 Å². The Morgan fingerprint density at radius 1 is 1.05 bits per heavy atom. The van der Waals surface area contributed by atoms with Gasteiger partial charge in [-0.3, -0.25) is 4.40 Å². The van der Waals surface area contributed by atoms with Crippen LogP contribution in [0, 0.1) is 6.92 Å². The van der Waals surface area contributed by atoms with Gasteiger partial charge in [0, 0.05) is 11.8 Å². The zero-order valence-corrected chi connectivity index (χ0v) is 10.4. The van der Waals surface area contributed by atoms with Gasteiger partial charge in [0.1, 0.15) is 0 Å². The third kappa shape index (κ3) is 2.01. The number of benzene rings is 1. The van der Waals surface area contributed by atoms with Crippen LogP contribution in [0.25, 0.3) is 17.2 Å². The Labute approximate surface area is 111 Å². The summed E-state index contributed by atoms with van der Waals surface area (Å²) in [6.07, 6.45) is -3.14. The van der Waals surface area contributed by atoms with Crippen molar-refractivity contribution < 1.29 is 13.2 Å². The molecule has 0 aliphatic rings. The maximum Gasteiger partial charge on any atom is 0.433 e. The second-order valence-electron chi connectivity index (χ2n) is 4.33. The average molecular weight is 278 g/mol. The number of hydrogen-bond donors (Lipinski definition) is 0. The molecule has 0 N–H and O–H groups in total. The molecule has 3 aromatic rings. The van der Waals surface area contributed by atoms with Crippen LogP contribution in [0.1, 0.15) is 11.3 Å². The maximum atomic E-state index is 12.8. The molecule has 0 aliphatic carbocycles. The van der Waals surface area contributed by atoms with Crippen LogP contribution in [0.5, 0.6) is 0 Å². The largest absolute Gasteiger partial charge is 0.433 e. The highest BCUT2D eigenvalue weighted by Gasteiger charge is 2.35. The van der Waals surface area contributed by atoms with Gasteiger partial charge in [0.15, 0.2) is 11.5 Å². The lowest BCUT2D eigenvalue weighted by Crippen LogP contribution is -2.12. The number of fused-ring (bicyclic) bond motifs is 1. The molecule has 2 heterocycles. The smallest absolute Gasteiger partial charge is 0.266 e. The Morgan fingerprint density at radius 2 is 1.75 bits per heavy atom. The Bertz CT molecular complexity index is 762. The molecule has 0 amide bonds. The van der Waals surface area contributed by atoms with E-state index >= 15 is 0 Å². The fourth-order valence-corrected chi connectivity index (χ4v) is 1.99. The molecule has 0 saturated carbocycles. The number of halogens is 3. The highest BCUT2D eigenvalue weighted by molar-refractivity contribution is 5.58. The van der Waals surface area contributed by atoms with Crippen LogP contribution < -0.4 is 0 Å². The van der Waals surface area contributed by atoms with Gasteiger partial charge < -0.3 is 0 Å². The predicted molar refractivity (Wildman–Crippen MR) is 66.0 cm³/mol. The van der Waals surface area contributed by atoms with Crippen LogP contribution in [0.3, 0.4) is 0 Å². The molecular weight excluding hydrogens is 269 g/mol. The van der Waals surface area contributed by atoms with Crippen LogP contribution in [-0.2, 0) is 6.18 Å². The third-order valence-electron chi connectivity index (χ3n) is 2.89. The minimum absolute atomic E-state index is 0.0296. The Morgan fingerprint density at radius 3 is 2.40 bits per heavy atom. The predicted octanol–water partition coefficient (Wildman–Crippen LogP) is 3.12. The minimum Gasteiger partial charge on any atom is -0.266 e. The van der Waals surface area contributed by atoms with E-state index in [9.17, 15) is 13.2 Å². The molecule has 102 valence electrons. The third-order valence-corrected chi connectivity index (χ3v) is 2.89. The molecule has 1 aromatic carbocycles. The van der Waals surface area contributed by atoms with E-state index in [1.807, 2.05) is 30.3 Å². The van der Waals surface area contributed by atoms with E-state index in [1.165, 1.54) is 17.5 Å². The van der Waals surface area contributed by atoms with Crippen molar-refractivity contribution in [1.82, 2.24) is 19.6 Å². The number of hydrogen-bond acceptors (Lipinski definition) is 3.